The summed E-state index contributed by atoms with van der Waals surface area (Å²) in [6.45, 7) is 0.360. The van der Waals surface area contributed by atoms with Crippen LogP contribution in [0.3, 0.4) is 0 Å². The lowest BCUT2D eigenvalue weighted by Crippen LogP contribution is -2.43. The molecular weight excluding hydrogens is 206 g/mol. The van der Waals surface area contributed by atoms with Gasteiger partial charge in [-0.25, -0.2) is 4.79 Å². The highest BCUT2D eigenvalue weighted by atomic mass is 16.6. The average Bonchev–Trinajstić information content (AvgIpc) is 2.16. The summed E-state index contributed by atoms with van der Waals surface area (Å²) in [5.74, 6) is -0.499. The van der Waals surface area contributed by atoms with Gasteiger partial charge in [-0.3, -0.25) is 0 Å². The highest BCUT2D eigenvalue weighted by Crippen LogP contribution is 2.04. The Hall–Kier alpha value is -1.39. The summed E-state index contributed by atoms with van der Waals surface area (Å²) in [6, 6.07) is 8.63. The fourth-order valence-electron chi connectivity index (χ4n) is 1.27. The standard InChI is InChI=1S/C12H18NO3/c1-13(2,3)9-11(14)16-12(15)10-7-5-4-6-8-10/h4-8,11,14H,9H2,1-3H3/q+1. The first-order valence-electron chi connectivity index (χ1n) is 5.13. The number of hydrogen-bond acceptors (Lipinski definition) is 3. The van der Waals surface area contributed by atoms with Crippen LogP contribution >= 0.6 is 0 Å². The Bertz CT molecular complexity index is 343. The zero-order chi connectivity index (χ0) is 12.2. The number of carbonyl (C=O) groups excluding carboxylic acids is 1. The van der Waals surface area contributed by atoms with Gasteiger partial charge in [-0.2, -0.15) is 0 Å². The van der Waals surface area contributed by atoms with Crippen LogP contribution in [0.15, 0.2) is 30.3 Å². The van der Waals surface area contributed by atoms with Crippen LogP contribution in [0.4, 0.5) is 0 Å². The molecule has 0 aliphatic rings. The van der Waals surface area contributed by atoms with E-state index in [0.717, 1.165) is 0 Å². The second-order valence-electron chi connectivity index (χ2n) is 4.70. The Morgan fingerprint density at radius 3 is 2.38 bits per heavy atom. The van der Waals surface area contributed by atoms with E-state index in [1.54, 1.807) is 24.3 Å². The minimum absolute atomic E-state index is 0.360. The number of quaternary nitrogens is 1. The summed E-state index contributed by atoms with van der Waals surface area (Å²) in [7, 11) is 5.75. The van der Waals surface area contributed by atoms with Gasteiger partial charge in [0.05, 0.1) is 26.7 Å². The number of ether oxygens (including phenoxy) is 1. The molecule has 0 aliphatic heterocycles. The zero-order valence-electron chi connectivity index (χ0n) is 9.88. The third kappa shape index (κ3) is 4.42. The van der Waals surface area contributed by atoms with Crippen molar-refractivity contribution in [1.29, 1.82) is 0 Å². The molecule has 1 N–H and O–H groups in total. The minimum atomic E-state index is -1.08. The number of esters is 1. The van der Waals surface area contributed by atoms with E-state index in [9.17, 15) is 9.90 Å². The van der Waals surface area contributed by atoms with Crippen LogP contribution in [0.1, 0.15) is 10.4 Å². The summed E-state index contributed by atoms with van der Waals surface area (Å²) in [5, 5.41) is 9.56. The third-order valence-electron chi connectivity index (χ3n) is 1.96. The Kier molecular flexibility index (Phi) is 4.04. The quantitative estimate of drug-likeness (QED) is 0.469. The second kappa shape index (κ2) is 5.09. The van der Waals surface area contributed by atoms with Gasteiger partial charge < -0.3 is 14.3 Å². The smallest absolute Gasteiger partial charge is 0.340 e. The molecule has 0 heterocycles. The Morgan fingerprint density at radius 2 is 1.88 bits per heavy atom. The molecule has 0 radical (unpaired) electrons. The number of carbonyl (C=O) groups is 1. The van der Waals surface area contributed by atoms with Crippen LogP contribution in [0.5, 0.6) is 0 Å². The lowest BCUT2D eigenvalue weighted by molar-refractivity contribution is -0.876. The SMILES string of the molecule is C[N+](C)(C)CC(O)OC(=O)c1ccccc1. The average molecular weight is 224 g/mol. The van der Waals surface area contributed by atoms with Crippen molar-refractivity contribution in [2.45, 2.75) is 6.29 Å². The maximum absolute atomic E-state index is 11.6. The van der Waals surface area contributed by atoms with Crippen LogP contribution in [0, 0.1) is 0 Å². The molecule has 0 amide bonds. The van der Waals surface area contributed by atoms with Crippen molar-refractivity contribution < 1.29 is 19.1 Å². The Labute approximate surface area is 95.7 Å². The molecule has 1 rings (SSSR count). The van der Waals surface area contributed by atoms with E-state index in [0.29, 0.717) is 16.6 Å². The molecule has 1 atom stereocenters. The van der Waals surface area contributed by atoms with Gasteiger partial charge in [-0.05, 0) is 12.1 Å². The van der Waals surface area contributed by atoms with Gasteiger partial charge in [0.1, 0.15) is 6.54 Å². The molecule has 4 heteroatoms. The number of aliphatic hydroxyl groups is 1. The highest BCUT2D eigenvalue weighted by Gasteiger charge is 2.19. The molecule has 1 aromatic carbocycles. The van der Waals surface area contributed by atoms with Crippen LogP contribution < -0.4 is 0 Å². The first kappa shape index (κ1) is 12.7. The van der Waals surface area contributed by atoms with Crippen molar-refractivity contribution in [1.82, 2.24) is 0 Å². The third-order valence-corrected chi connectivity index (χ3v) is 1.96. The number of nitrogens with zero attached hydrogens (tertiary/aromatic N) is 1. The molecule has 0 saturated heterocycles. The molecule has 0 bridgehead atoms. The van der Waals surface area contributed by atoms with E-state index in [2.05, 4.69) is 0 Å². The van der Waals surface area contributed by atoms with Gasteiger partial charge in [0.15, 0.2) is 0 Å². The monoisotopic (exact) mass is 224 g/mol. The normalized spacial score (nSPS) is 13.2. The van der Waals surface area contributed by atoms with Gasteiger partial charge in [0, 0.05) is 0 Å². The van der Waals surface area contributed by atoms with Crippen LogP contribution in [-0.4, -0.2) is 49.5 Å². The summed E-state index contributed by atoms with van der Waals surface area (Å²) in [5.41, 5.74) is 0.447. The molecule has 0 aliphatic carbocycles. The van der Waals surface area contributed by atoms with E-state index in [-0.39, 0.29) is 0 Å². The fourth-order valence-corrected chi connectivity index (χ4v) is 1.27. The second-order valence-corrected chi connectivity index (χ2v) is 4.70. The van der Waals surface area contributed by atoms with Crippen LogP contribution in [0.2, 0.25) is 0 Å². The number of hydrogen-bond donors (Lipinski definition) is 1. The number of aliphatic hydroxyl groups excluding tert-OH is 1. The van der Waals surface area contributed by atoms with Gasteiger partial charge in [0.2, 0.25) is 0 Å². The number of rotatable bonds is 4. The summed E-state index contributed by atoms with van der Waals surface area (Å²) in [6.07, 6.45) is -1.08. The molecule has 0 spiro atoms. The summed E-state index contributed by atoms with van der Waals surface area (Å²) < 4.78 is 5.44. The first-order chi connectivity index (χ1) is 7.38. The van der Waals surface area contributed by atoms with Gasteiger partial charge in [0.25, 0.3) is 6.29 Å². The van der Waals surface area contributed by atoms with Gasteiger partial charge >= 0.3 is 5.97 Å². The molecular formula is C12H18NO3+. The molecule has 0 aromatic heterocycles. The maximum atomic E-state index is 11.6. The van der Waals surface area contributed by atoms with Crippen molar-refractivity contribution in [3.63, 3.8) is 0 Å². The topological polar surface area (TPSA) is 46.5 Å². The minimum Gasteiger partial charge on any atom is -0.426 e. The molecule has 1 unspecified atom stereocenters. The molecule has 1 aromatic rings. The van der Waals surface area contributed by atoms with Crippen LogP contribution in [-0.2, 0) is 4.74 Å². The van der Waals surface area contributed by atoms with E-state index >= 15 is 0 Å². The lowest BCUT2D eigenvalue weighted by Gasteiger charge is -2.26. The molecule has 0 fully saturated rings. The van der Waals surface area contributed by atoms with Crippen molar-refractivity contribution in [3.8, 4) is 0 Å². The van der Waals surface area contributed by atoms with Crippen molar-refractivity contribution in [2.75, 3.05) is 27.7 Å². The van der Waals surface area contributed by atoms with Crippen molar-refractivity contribution in [2.24, 2.45) is 0 Å². The molecule has 4 nitrogen and oxygen atoms in total. The zero-order valence-corrected chi connectivity index (χ0v) is 9.88. The van der Waals surface area contributed by atoms with Gasteiger partial charge in [-0.15, -0.1) is 0 Å². The van der Waals surface area contributed by atoms with Crippen LogP contribution in [0.25, 0.3) is 0 Å². The Morgan fingerprint density at radius 1 is 1.31 bits per heavy atom. The fraction of sp³-hybridized carbons (Fsp3) is 0.417. The largest absolute Gasteiger partial charge is 0.426 e. The number of likely N-dealkylation sites (N-methyl/N-ethyl adjacent to an activating group) is 1. The predicted octanol–water partition coefficient (Wildman–Crippen LogP) is 0.868. The van der Waals surface area contributed by atoms with Gasteiger partial charge in [-0.1, -0.05) is 18.2 Å². The Balaban J connectivity index is 2.53. The molecule has 0 saturated carbocycles. The van der Waals surface area contributed by atoms with Crippen molar-refractivity contribution in [3.05, 3.63) is 35.9 Å². The number of benzene rings is 1. The van der Waals surface area contributed by atoms with E-state index in [1.165, 1.54) is 0 Å². The molecule has 88 valence electrons. The lowest BCUT2D eigenvalue weighted by atomic mass is 10.2. The summed E-state index contributed by atoms with van der Waals surface area (Å²) >= 11 is 0. The van der Waals surface area contributed by atoms with E-state index < -0.39 is 12.3 Å². The van der Waals surface area contributed by atoms with E-state index in [1.807, 2.05) is 27.2 Å². The predicted molar refractivity (Wildman–Crippen MR) is 60.8 cm³/mol. The first-order valence-corrected chi connectivity index (χ1v) is 5.13. The molecule has 16 heavy (non-hydrogen) atoms. The summed E-state index contributed by atoms with van der Waals surface area (Å²) in [4.78, 5) is 11.6. The maximum Gasteiger partial charge on any atom is 0.340 e. The van der Waals surface area contributed by atoms with E-state index in [4.69, 9.17) is 4.74 Å². The van der Waals surface area contributed by atoms with Crippen molar-refractivity contribution >= 4 is 5.97 Å². The highest BCUT2D eigenvalue weighted by molar-refractivity contribution is 5.89.